The zero-order valence-corrected chi connectivity index (χ0v) is 23.5. The molecule has 2 aliphatic heterocycles. The second-order valence-electron chi connectivity index (χ2n) is 11.2. The standard InChI is InChI=1S/C30H41N5O4/c1-20-8-11-22(16-27(20)38-4)32-29(36)21-9-12-23(13-10-21)35-19-39-18-31-28-25(6-5-7-26(28)35)30(37)34-15-14-24(17-34)33(2)3/h5-8,11,16,21,23-24,31H,9-10,12-15,17-19H2,1-4H3,(H,32,36)/t21-,23+,24?. The number of likely N-dealkylation sites (N-methyl/N-ethyl adjacent to an activating group) is 1. The highest BCUT2D eigenvalue weighted by atomic mass is 16.5. The molecule has 5 rings (SSSR count). The molecule has 0 radical (unpaired) electrons. The lowest BCUT2D eigenvalue weighted by Crippen LogP contribution is -2.41. The summed E-state index contributed by atoms with van der Waals surface area (Å²) in [4.78, 5) is 33.1. The van der Waals surface area contributed by atoms with Gasteiger partial charge in [0.1, 0.15) is 19.2 Å². The van der Waals surface area contributed by atoms with Crippen LogP contribution in [-0.2, 0) is 9.53 Å². The molecule has 39 heavy (non-hydrogen) atoms. The maximum Gasteiger partial charge on any atom is 0.256 e. The molecule has 2 N–H and O–H groups in total. The number of nitrogens with one attached hydrogen (secondary N) is 2. The van der Waals surface area contributed by atoms with Gasteiger partial charge in [0.25, 0.3) is 5.91 Å². The van der Waals surface area contributed by atoms with Gasteiger partial charge in [-0.2, -0.15) is 0 Å². The van der Waals surface area contributed by atoms with Crippen LogP contribution in [0.4, 0.5) is 17.1 Å². The highest BCUT2D eigenvalue weighted by molar-refractivity contribution is 6.03. The molecule has 0 aromatic heterocycles. The van der Waals surface area contributed by atoms with E-state index in [1.54, 1.807) is 7.11 Å². The summed E-state index contributed by atoms with van der Waals surface area (Å²) < 4.78 is 11.3. The van der Waals surface area contributed by atoms with Crippen molar-refractivity contribution in [3.8, 4) is 5.75 Å². The van der Waals surface area contributed by atoms with E-state index in [0.717, 1.165) is 73.6 Å². The summed E-state index contributed by atoms with van der Waals surface area (Å²) >= 11 is 0. The third kappa shape index (κ3) is 5.84. The first-order valence-electron chi connectivity index (χ1n) is 14.0. The van der Waals surface area contributed by atoms with Gasteiger partial charge in [-0.3, -0.25) is 9.59 Å². The number of carbonyl (C=O) groups is 2. The zero-order valence-electron chi connectivity index (χ0n) is 23.5. The van der Waals surface area contributed by atoms with Crippen LogP contribution in [0.15, 0.2) is 36.4 Å². The van der Waals surface area contributed by atoms with Gasteiger partial charge >= 0.3 is 0 Å². The Labute approximate surface area is 231 Å². The highest BCUT2D eigenvalue weighted by Crippen LogP contribution is 2.38. The van der Waals surface area contributed by atoms with Crippen LogP contribution in [0.1, 0.15) is 48.0 Å². The fourth-order valence-corrected chi connectivity index (χ4v) is 6.09. The van der Waals surface area contributed by atoms with E-state index in [4.69, 9.17) is 9.47 Å². The second kappa shape index (κ2) is 11.8. The van der Waals surface area contributed by atoms with Crippen molar-refractivity contribution < 1.29 is 19.1 Å². The van der Waals surface area contributed by atoms with Gasteiger partial charge in [-0.15, -0.1) is 0 Å². The van der Waals surface area contributed by atoms with E-state index in [0.29, 0.717) is 25.1 Å². The maximum absolute atomic E-state index is 13.6. The molecule has 1 saturated carbocycles. The Morgan fingerprint density at radius 3 is 2.62 bits per heavy atom. The van der Waals surface area contributed by atoms with Crippen LogP contribution in [0.2, 0.25) is 0 Å². The molecule has 1 saturated heterocycles. The lowest BCUT2D eigenvalue weighted by molar-refractivity contribution is -0.120. The lowest BCUT2D eigenvalue weighted by Gasteiger charge is -2.37. The summed E-state index contributed by atoms with van der Waals surface area (Å²) in [5.74, 6) is 0.860. The number of rotatable bonds is 6. The molecule has 3 aliphatic rings. The molecule has 1 unspecified atom stereocenters. The molecule has 1 aliphatic carbocycles. The van der Waals surface area contributed by atoms with Crippen LogP contribution in [-0.4, -0.2) is 81.5 Å². The number of anilines is 3. The zero-order chi connectivity index (χ0) is 27.5. The molecule has 1 atom stereocenters. The van der Waals surface area contributed by atoms with Crippen LogP contribution in [0.25, 0.3) is 0 Å². The number of nitrogens with zero attached hydrogens (tertiary/aromatic N) is 3. The van der Waals surface area contributed by atoms with E-state index >= 15 is 0 Å². The molecule has 0 spiro atoms. The molecular formula is C30H41N5O4. The topological polar surface area (TPSA) is 86.4 Å². The van der Waals surface area contributed by atoms with E-state index < -0.39 is 0 Å². The third-order valence-electron chi connectivity index (χ3n) is 8.53. The van der Waals surface area contributed by atoms with Gasteiger partial charge in [-0.1, -0.05) is 12.1 Å². The predicted octanol–water partition coefficient (Wildman–Crippen LogP) is 4.14. The fourth-order valence-electron chi connectivity index (χ4n) is 6.09. The molecule has 2 aromatic rings. The Kier molecular flexibility index (Phi) is 8.28. The van der Waals surface area contributed by atoms with Crippen molar-refractivity contribution >= 4 is 28.9 Å². The number of aryl methyl sites for hydroxylation is 1. The number of carbonyl (C=O) groups excluding carboxylic acids is 2. The minimum atomic E-state index is -0.0354. The number of amides is 2. The normalized spacial score (nSPS) is 23.2. The van der Waals surface area contributed by atoms with Gasteiger partial charge in [-0.05, 0) is 76.9 Å². The molecule has 2 fully saturated rings. The average molecular weight is 536 g/mol. The molecule has 2 aromatic carbocycles. The molecule has 9 nitrogen and oxygen atoms in total. The van der Waals surface area contributed by atoms with Crippen molar-refractivity contribution in [1.82, 2.24) is 9.80 Å². The quantitative estimate of drug-likeness (QED) is 0.575. The second-order valence-corrected chi connectivity index (χ2v) is 11.2. The minimum absolute atomic E-state index is 0.0354. The van der Waals surface area contributed by atoms with Gasteiger partial charge in [0.15, 0.2) is 0 Å². The Morgan fingerprint density at radius 2 is 1.90 bits per heavy atom. The Bertz CT molecular complexity index is 1190. The van der Waals surface area contributed by atoms with E-state index in [-0.39, 0.29) is 23.8 Å². The summed E-state index contributed by atoms with van der Waals surface area (Å²) in [5.41, 5.74) is 4.35. The number of para-hydroxylation sites is 1. The molecule has 2 amide bonds. The van der Waals surface area contributed by atoms with Crippen molar-refractivity contribution in [3.63, 3.8) is 0 Å². The molecule has 9 heteroatoms. The number of methoxy groups -OCH3 is 1. The molecule has 210 valence electrons. The van der Waals surface area contributed by atoms with Crippen LogP contribution in [0.5, 0.6) is 5.75 Å². The predicted molar refractivity (Wildman–Crippen MR) is 153 cm³/mol. The molecular weight excluding hydrogens is 494 g/mol. The number of likely N-dealkylation sites (tertiary alicyclic amines) is 1. The van der Waals surface area contributed by atoms with Gasteiger partial charge in [0.05, 0.1) is 24.0 Å². The number of hydrogen-bond donors (Lipinski definition) is 2. The van der Waals surface area contributed by atoms with Gasteiger partial charge in [-0.25, -0.2) is 0 Å². The molecule has 0 bridgehead atoms. The number of fused-ring (bicyclic) bond motifs is 1. The summed E-state index contributed by atoms with van der Waals surface area (Å²) in [6, 6.07) is 12.3. The van der Waals surface area contributed by atoms with Gasteiger partial charge in [0.2, 0.25) is 5.91 Å². The summed E-state index contributed by atoms with van der Waals surface area (Å²) in [7, 11) is 5.78. The first-order valence-corrected chi connectivity index (χ1v) is 14.0. The minimum Gasteiger partial charge on any atom is -0.496 e. The van der Waals surface area contributed by atoms with Crippen molar-refractivity contribution in [3.05, 3.63) is 47.5 Å². The Balaban J connectivity index is 1.26. The van der Waals surface area contributed by atoms with Crippen molar-refractivity contribution in [1.29, 1.82) is 0 Å². The SMILES string of the molecule is COc1cc(NC(=O)[C@H]2CC[C@@H](N3COCNc4c(C(=O)N5CCC(N(C)C)C5)cccc43)CC2)ccc1C. The van der Waals surface area contributed by atoms with Crippen LogP contribution in [0.3, 0.4) is 0 Å². The number of hydrogen-bond acceptors (Lipinski definition) is 7. The van der Waals surface area contributed by atoms with Crippen molar-refractivity contribution in [2.75, 3.05) is 63.3 Å². The van der Waals surface area contributed by atoms with E-state index in [1.165, 1.54) is 0 Å². The van der Waals surface area contributed by atoms with Crippen LogP contribution in [0, 0.1) is 12.8 Å². The smallest absolute Gasteiger partial charge is 0.256 e. The molecule has 2 heterocycles. The largest absolute Gasteiger partial charge is 0.496 e. The van der Waals surface area contributed by atoms with E-state index in [2.05, 4.69) is 40.6 Å². The number of ether oxygens (including phenoxy) is 2. The van der Waals surface area contributed by atoms with Gasteiger partial charge in [0, 0.05) is 42.8 Å². The third-order valence-corrected chi connectivity index (χ3v) is 8.53. The van der Waals surface area contributed by atoms with Crippen molar-refractivity contribution in [2.45, 2.75) is 51.1 Å². The van der Waals surface area contributed by atoms with E-state index in [1.807, 2.05) is 42.2 Å². The first-order chi connectivity index (χ1) is 18.9. The summed E-state index contributed by atoms with van der Waals surface area (Å²) in [6.45, 7) is 4.31. The Morgan fingerprint density at radius 1 is 1.10 bits per heavy atom. The van der Waals surface area contributed by atoms with Gasteiger partial charge < -0.3 is 34.8 Å². The number of benzene rings is 2. The summed E-state index contributed by atoms with van der Waals surface area (Å²) in [5, 5.41) is 6.45. The highest BCUT2D eigenvalue weighted by Gasteiger charge is 2.34. The van der Waals surface area contributed by atoms with Crippen LogP contribution < -0.4 is 20.3 Å². The van der Waals surface area contributed by atoms with Crippen molar-refractivity contribution in [2.24, 2.45) is 5.92 Å². The Hall–Kier alpha value is -3.30. The first kappa shape index (κ1) is 27.3. The average Bonchev–Trinajstić information content (AvgIpc) is 3.35. The fraction of sp³-hybridized carbons (Fsp3) is 0.533. The monoisotopic (exact) mass is 535 g/mol. The lowest BCUT2D eigenvalue weighted by atomic mass is 9.84. The summed E-state index contributed by atoms with van der Waals surface area (Å²) in [6.07, 6.45) is 4.36. The van der Waals surface area contributed by atoms with E-state index in [9.17, 15) is 9.59 Å². The van der Waals surface area contributed by atoms with Crippen LogP contribution >= 0.6 is 0 Å². The maximum atomic E-state index is 13.6.